The summed E-state index contributed by atoms with van der Waals surface area (Å²) in [4.78, 5) is 37.3. The molecular formula is C26H33N9O2. The molecule has 0 aliphatic carbocycles. The predicted octanol–water partition coefficient (Wildman–Crippen LogP) is 1.73. The highest BCUT2D eigenvalue weighted by Gasteiger charge is 2.29. The molecule has 2 aliphatic rings. The zero-order chi connectivity index (χ0) is 25.8. The average molecular weight is 504 g/mol. The first-order valence-corrected chi connectivity index (χ1v) is 12.6. The summed E-state index contributed by atoms with van der Waals surface area (Å²) in [5, 5.41) is 3.00. The molecule has 0 unspecified atom stereocenters. The van der Waals surface area contributed by atoms with Gasteiger partial charge in [-0.15, -0.1) is 0 Å². The molecule has 4 heterocycles. The topological polar surface area (TPSA) is 126 Å². The van der Waals surface area contributed by atoms with Crippen molar-refractivity contribution in [3.05, 3.63) is 47.8 Å². The lowest BCUT2D eigenvalue weighted by molar-refractivity contribution is 0.0952. The van der Waals surface area contributed by atoms with Crippen LogP contribution in [0.5, 0.6) is 0 Å². The SMILES string of the molecule is CN(C)CCCNC(=O)c1ccc(N2CCc3c(-c4cnc(N)nc4)nc(N4CCOCC4)nc32)cc1. The fourth-order valence-electron chi connectivity index (χ4n) is 4.59. The van der Waals surface area contributed by atoms with Crippen LogP contribution in [-0.2, 0) is 11.2 Å². The van der Waals surface area contributed by atoms with Crippen molar-refractivity contribution in [3.63, 3.8) is 0 Å². The quantitative estimate of drug-likeness (QED) is 0.439. The summed E-state index contributed by atoms with van der Waals surface area (Å²) < 4.78 is 5.53. The Bertz CT molecular complexity index is 1230. The predicted molar refractivity (Wildman–Crippen MR) is 143 cm³/mol. The van der Waals surface area contributed by atoms with E-state index in [-0.39, 0.29) is 11.9 Å². The van der Waals surface area contributed by atoms with Gasteiger partial charge in [-0.25, -0.2) is 15.0 Å². The standard InChI is InChI=1S/C26H33N9O2/c1-33(2)10-3-9-28-24(36)18-4-6-20(7-5-18)35-11-8-21-22(19-16-29-25(27)30-17-19)31-26(32-23(21)35)34-12-14-37-15-13-34/h4-7,16-17H,3,8-15H2,1-2H3,(H,28,36)(H2,27,29,30). The maximum atomic E-state index is 12.6. The van der Waals surface area contributed by atoms with Gasteiger partial charge in [0.05, 0.1) is 18.9 Å². The monoisotopic (exact) mass is 503 g/mol. The number of benzene rings is 1. The van der Waals surface area contributed by atoms with Gasteiger partial charge >= 0.3 is 0 Å². The van der Waals surface area contributed by atoms with Gasteiger partial charge in [0, 0.05) is 61.0 Å². The highest BCUT2D eigenvalue weighted by atomic mass is 16.5. The van der Waals surface area contributed by atoms with Gasteiger partial charge in [-0.3, -0.25) is 4.79 Å². The number of fused-ring (bicyclic) bond motifs is 1. The van der Waals surface area contributed by atoms with E-state index in [4.69, 9.17) is 20.4 Å². The number of morpholine rings is 1. The highest BCUT2D eigenvalue weighted by molar-refractivity contribution is 5.94. The second-order valence-electron chi connectivity index (χ2n) is 9.46. The smallest absolute Gasteiger partial charge is 0.251 e. The third kappa shape index (κ3) is 5.62. The van der Waals surface area contributed by atoms with Crippen molar-refractivity contribution in [3.8, 4) is 11.3 Å². The van der Waals surface area contributed by atoms with Crippen LogP contribution >= 0.6 is 0 Å². The number of hydrogen-bond donors (Lipinski definition) is 2. The molecule has 1 aromatic carbocycles. The lowest BCUT2D eigenvalue weighted by Gasteiger charge is -2.28. The summed E-state index contributed by atoms with van der Waals surface area (Å²) in [5.74, 6) is 1.69. The van der Waals surface area contributed by atoms with E-state index < -0.39 is 0 Å². The fourth-order valence-corrected chi connectivity index (χ4v) is 4.59. The van der Waals surface area contributed by atoms with Crippen LogP contribution in [0.25, 0.3) is 11.3 Å². The third-order valence-corrected chi connectivity index (χ3v) is 6.56. The van der Waals surface area contributed by atoms with E-state index in [1.807, 2.05) is 38.4 Å². The van der Waals surface area contributed by atoms with Crippen molar-refractivity contribution >= 4 is 29.3 Å². The highest BCUT2D eigenvalue weighted by Crippen LogP contribution is 2.39. The van der Waals surface area contributed by atoms with Crippen molar-refractivity contribution < 1.29 is 9.53 Å². The number of anilines is 4. The minimum atomic E-state index is -0.0605. The summed E-state index contributed by atoms with van der Waals surface area (Å²) in [7, 11) is 4.05. The van der Waals surface area contributed by atoms with E-state index in [2.05, 4.69) is 30.0 Å². The van der Waals surface area contributed by atoms with Crippen LogP contribution in [-0.4, -0.2) is 90.8 Å². The van der Waals surface area contributed by atoms with Crippen LogP contribution in [0.2, 0.25) is 0 Å². The van der Waals surface area contributed by atoms with E-state index in [1.54, 1.807) is 12.4 Å². The second kappa shape index (κ2) is 11.1. The largest absolute Gasteiger partial charge is 0.378 e. The lowest BCUT2D eigenvalue weighted by Crippen LogP contribution is -2.37. The van der Waals surface area contributed by atoms with Crippen molar-refractivity contribution in [2.24, 2.45) is 0 Å². The molecule has 3 aromatic rings. The van der Waals surface area contributed by atoms with Gasteiger partial charge in [-0.05, 0) is 57.7 Å². The molecule has 0 bridgehead atoms. The summed E-state index contributed by atoms with van der Waals surface area (Å²) in [6, 6.07) is 7.69. The van der Waals surface area contributed by atoms with E-state index in [0.717, 1.165) is 67.3 Å². The van der Waals surface area contributed by atoms with Crippen LogP contribution in [0, 0.1) is 0 Å². The number of nitrogen functional groups attached to an aromatic ring is 1. The fraction of sp³-hybridized carbons (Fsp3) is 0.423. The van der Waals surface area contributed by atoms with Crippen LogP contribution < -0.4 is 20.9 Å². The zero-order valence-electron chi connectivity index (χ0n) is 21.4. The first-order chi connectivity index (χ1) is 18.0. The van der Waals surface area contributed by atoms with Gasteiger partial charge in [-0.1, -0.05) is 0 Å². The average Bonchev–Trinajstić information content (AvgIpc) is 3.35. The molecule has 2 aliphatic heterocycles. The molecule has 0 atom stereocenters. The van der Waals surface area contributed by atoms with Crippen molar-refractivity contribution in [2.45, 2.75) is 12.8 Å². The number of hydrogen-bond acceptors (Lipinski definition) is 10. The van der Waals surface area contributed by atoms with Gasteiger partial charge in [-0.2, -0.15) is 4.98 Å². The number of nitrogens with two attached hydrogens (primary N) is 1. The molecule has 0 saturated carbocycles. The Kier molecular flexibility index (Phi) is 7.42. The Morgan fingerprint density at radius 1 is 1.08 bits per heavy atom. The molecule has 11 nitrogen and oxygen atoms in total. The van der Waals surface area contributed by atoms with E-state index >= 15 is 0 Å². The minimum absolute atomic E-state index is 0.0605. The summed E-state index contributed by atoms with van der Waals surface area (Å²) in [5.41, 5.74) is 10.0. The van der Waals surface area contributed by atoms with Crippen molar-refractivity contribution in [1.82, 2.24) is 30.2 Å². The maximum absolute atomic E-state index is 12.6. The van der Waals surface area contributed by atoms with Crippen LogP contribution in [0.15, 0.2) is 36.7 Å². The maximum Gasteiger partial charge on any atom is 0.251 e. The van der Waals surface area contributed by atoms with Gasteiger partial charge in [0.1, 0.15) is 5.82 Å². The number of amides is 1. The Morgan fingerprint density at radius 2 is 1.81 bits per heavy atom. The molecule has 3 N–H and O–H groups in total. The Morgan fingerprint density at radius 3 is 2.51 bits per heavy atom. The molecule has 5 rings (SSSR count). The molecule has 0 spiro atoms. The third-order valence-electron chi connectivity index (χ3n) is 6.56. The number of rotatable bonds is 8. The van der Waals surface area contributed by atoms with E-state index in [9.17, 15) is 4.79 Å². The minimum Gasteiger partial charge on any atom is -0.378 e. The van der Waals surface area contributed by atoms with Crippen LogP contribution in [0.4, 0.5) is 23.4 Å². The molecule has 11 heteroatoms. The number of aromatic nitrogens is 4. The van der Waals surface area contributed by atoms with E-state index in [0.29, 0.717) is 31.3 Å². The lowest BCUT2D eigenvalue weighted by atomic mass is 10.1. The number of nitrogens with one attached hydrogen (secondary N) is 1. The zero-order valence-corrected chi connectivity index (χ0v) is 21.4. The first kappa shape index (κ1) is 24.8. The number of carbonyl (C=O) groups excluding carboxylic acids is 1. The van der Waals surface area contributed by atoms with Crippen molar-refractivity contribution in [1.29, 1.82) is 0 Å². The normalized spacial score (nSPS) is 15.2. The Hall–Kier alpha value is -3.83. The Labute approximate surface area is 216 Å². The van der Waals surface area contributed by atoms with Gasteiger partial charge in [0.15, 0.2) is 0 Å². The molecule has 1 amide bonds. The van der Waals surface area contributed by atoms with Gasteiger partial charge < -0.3 is 30.5 Å². The first-order valence-electron chi connectivity index (χ1n) is 12.6. The summed E-state index contributed by atoms with van der Waals surface area (Å²) in [6.45, 7) is 5.09. The van der Waals surface area contributed by atoms with Crippen LogP contribution in [0.3, 0.4) is 0 Å². The number of carbonyl (C=O) groups is 1. The summed E-state index contributed by atoms with van der Waals surface area (Å²) >= 11 is 0. The number of ether oxygens (including phenoxy) is 1. The molecule has 194 valence electrons. The molecular weight excluding hydrogens is 470 g/mol. The molecule has 1 saturated heterocycles. The molecule has 0 radical (unpaired) electrons. The van der Waals surface area contributed by atoms with Gasteiger partial charge in [0.2, 0.25) is 11.9 Å². The van der Waals surface area contributed by atoms with Crippen molar-refractivity contribution in [2.75, 3.05) is 75.6 Å². The van der Waals surface area contributed by atoms with Gasteiger partial charge in [0.25, 0.3) is 5.91 Å². The van der Waals surface area contributed by atoms with Crippen LogP contribution in [0.1, 0.15) is 22.3 Å². The second-order valence-corrected chi connectivity index (χ2v) is 9.46. The molecule has 1 fully saturated rings. The Balaban J connectivity index is 1.41. The molecule has 2 aromatic heterocycles. The molecule has 37 heavy (non-hydrogen) atoms. The summed E-state index contributed by atoms with van der Waals surface area (Å²) in [6.07, 6.45) is 5.12. The number of nitrogens with zero attached hydrogens (tertiary/aromatic N) is 7. The van der Waals surface area contributed by atoms with E-state index in [1.165, 1.54) is 0 Å².